The third-order valence-electron chi connectivity index (χ3n) is 3.67. The van der Waals surface area contributed by atoms with E-state index in [4.69, 9.17) is 5.10 Å². The predicted octanol–water partition coefficient (Wildman–Crippen LogP) is 1.77. The number of aromatic nitrogens is 2. The van der Waals surface area contributed by atoms with E-state index >= 15 is 0 Å². The molecule has 1 aromatic rings. The summed E-state index contributed by atoms with van der Waals surface area (Å²) in [6.07, 6.45) is 0. The molecule has 1 aliphatic heterocycles. The van der Waals surface area contributed by atoms with Gasteiger partial charge >= 0.3 is 0 Å². The number of rotatable bonds is 3. The van der Waals surface area contributed by atoms with E-state index in [-0.39, 0.29) is 0 Å². The summed E-state index contributed by atoms with van der Waals surface area (Å²) >= 11 is 0. The van der Waals surface area contributed by atoms with Gasteiger partial charge in [-0.05, 0) is 34.9 Å². The molecule has 4 heteroatoms. The molecule has 0 spiro atoms. The SMILES string of the molecule is CC(C)N1Cc2c(nn(C)c2CN(C)C)[C@H]1C. The van der Waals surface area contributed by atoms with Crippen molar-refractivity contribution in [3.8, 4) is 0 Å². The molecular formula is C13H24N4. The minimum atomic E-state index is 0.451. The summed E-state index contributed by atoms with van der Waals surface area (Å²) in [4.78, 5) is 4.72. The Labute approximate surface area is 104 Å². The highest BCUT2D eigenvalue weighted by atomic mass is 15.3. The van der Waals surface area contributed by atoms with Gasteiger partial charge in [0.05, 0.1) is 17.4 Å². The van der Waals surface area contributed by atoms with Gasteiger partial charge in [0.1, 0.15) is 0 Å². The first-order chi connectivity index (χ1) is 7.91. The van der Waals surface area contributed by atoms with Crippen molar-refractivity contribution in [1.82, 2.24) is 19.6 Å². The van der Waals surface area contributed by atoms with Crippen LogP contribution >= 0.6 is 0 Å². The van der Waals surface area contributed by atoms with Gasteiger partial charge in [-0.3, -0.25) is 9.58 Å². The zero-order valence-corrected chi connectivity index (χ0v) is 11.9. The lowest BCUT2D eigenvalue weighted by Crippen LogP contribution is -2.29. The van der Waals surface area contributed by atoms with E-state index in [0.717, 1.165) is 13.1 Å². The maximum absolute atomic E-state index is 4.71. The lowest BCUT2D eigenvalue weighted by Gasteiger charge is -2.25. The number of fused-ring (bicyclic) bond motifs is 1. The van der Waals surface area contributed by atoms with Gasteiger partial charge in [0, 0.05) is 31.7 Å². The molecule has 1 atom stereocenters. The Morgan fingerprint density at radius 3 is 2.59 bits per heavy atom. The number of aryl methyl sites for hydroxylation is 1. The van der Waals surface area contributed by atoms with Crippen LogP contribution < -0.4 is 0 Å². The Morgan fingerprint density at radius 1 is 1.41 bits per heavy atom. The minimum absolute atomic E-state index is 0.451. The van der Waals surface area contributed by atoms with Crippen molar-refractivity contribution in [3.05, 3.63) is 17.0 Å². The normalized spacial score (nSPS) is 20.6. The molecule has 0 bridgehead atoms. The van der Waals surface area contributed by atoms with Crippen LogP contribution in [0.3, 0.4) is 0 Å². The monoisotopic (exact) mass is 236 g/mol. The zero-order chi connectivity index (χ0) is 12.7. The molecule has 1 aromatic heterocycles. The van der Waals surface area contributed by atoms with Gasteiger partial charge < -0.3 is 4.90 Å². The summed E-state index contributed by atoms with van der Waals surface area (Å²) in [6.45, 7) is 8.79. The highest BCUT2D eigenvalue weighted by Gasteiger charge is 2.33. The molecule has 0 unspecified atom stereocenters. The van der Waals surface area contributed by atoms with Crippen LogP contribution in [0.1, 0.15) is 43.8 Å². The lowest BCUT2D eigenvalue weighted by molar-refractivity contribution is 0.175. The highest BCUT2D eigenvalue weighted by Crippen LogP contribution is 2.35. The van der Waals surface area contributed by atoms with E-state index in [1.54, 1.807) is 0 Å². The molecule has 0 saturated carbocycles. The molecule has 17 heavy (non-hydrogen) atoms. The Bertz CT molecular complexity index is 406. The van der Waals surface area contributed by atoms with E-state index in [0.29, 0.717) is 12.1 Å². The molecule has 1 aliphatic rings. The van der Waals surface area contributed by atoms with Crippen molar-refractivity contribution in [2.45, 2.75) is 45.9 Å². The molecular weight excluding hydrogens is 212 g/mol. The van der Waals surface area contributed by atoms with Crippen LogP contribution in [0.5, 0.6) is 0 Å². The second kappa shape index (κ2) is 4.42. The van der Waals surface area contributed by atoms with Crippen molar-refractivity contribution >= 4 is 0 Å². The standard InChI is InChI=1S/C13H24N4/c1-9(2)17-7-11-12(8-15(4)5)16(6)14-13(11)10(17)3/h9-10H,7-8H2,1-6H3/t10-/m1/s1. The van der Waals surface area contributed by atoms with Gasteiger partial charge in [0.25, 0.3) is 0 Å². The summed E-state index contributed by atoms with van der Waals surface area (Å²) in [6, 6.07) is 1.03. The van der Waals surface area contributed by atoms with Crippen LogP contribution in [0.25, 0.3) is 0 Å². The van der Waals surface area contributed by atoms with Crippen molar-refractivity contribution < 1.29 is 0 Å². The van der Waals surface area contributed by atoms with Gasteiger partial charge in [0.15, 0.2) is 0 Å². The fourth-order valence-corrected chi connectivity index (χ4v) is 2.74. The van der Waals surface area contributed by atoms with E-state index < -0.39 is 0 Å². The van der Waals surface area contributed by atoms with Gasteiger partial charge in [-0.2, -0.15) is 5.10 Å². The topological polar surface area (TPSA) is 24.3 Å². The highest BCUT2D eigenvalue weighted by molar-refractivity contribution is 5.32. The first kappa shape index (κ1) is 12.6. The summed E-state index contributed by atoms with van der Waals surface area (Å²) in [7, 11) is 6.28. The molecule has 4 nitrogen and oxygen atoms in total. The van der Waals surface area contributed by atoms with E-state index in [1.165, 1.54) is 17.0 Å². The Hall–Kier alpha value is -0.870. The van der Waals surface area contributed by atoms with Crippen LogP contribution in [0.4, 0.5) is 0 Å². The molecule has 0 aliphatic carbocycles. The van der Waals surface area contributed by atoms with E-state index in [9.17, 15) is 0 Å². The van der Waals surface area contributed by atoms with Gasteiger partial charge in [-0.15, -0.1) is 0 Å². The fourth-order valence-electron chi connectivity index (χ4n) is 2.74. The second-order valence-corrected chi connectivity index (χ2v) is 5.61. The minimum Gasteiger partial charge on any atom is -0.304 e. The lowest BCUT2D eigenvalue weighted by atomic mass is 10.1. The third kappa shape index (κ3) is 2.11. The molecule has 2 rings (SSSR count). The van der Waals surface area contributed by atoms with Gasteiger partial charge in [-0.1, -0.05) is 0 Å². The Kier molecular flexibility index (Phi) is 3.27. The molecule has 0 amide bonds. The average Bonchev–Trinajstić information content (AvgIpc) is 2.67. The van der Waals surface area contributed by atoms with Crippen molar-refractivity contribution in [2.75, 3.05) is 14.1 Å². The number of hydrogen-bond donors (Lipinski definition) is 0. The van der Waals surface area contributed by atoms with Gasteiger partial charge in [-0.25, -0.2) is 0 Å². The first-order valence-electron chi connectivity index (χ1n) is 6.37. The van der Waals surface area contributed by atoms with Crippen LogP contribution in [0, 0.1) is 0 Å². The number of nitrogens with zero attached hydrogens (tertiary/aromatic N) is 4. The first-order valence-corrected chi connectivity index (χ1v) is 6.37. The zero-order valence-electron chi connectivity index (χ0n) is 11.9. The quantitative estimate of drug-likeness (QED) is 0.799. The average molecular weight is 236 g/mol. The van der Waals surface area contributed by atoms with Crippen LogP contribution in [0.2, 0.25) is 0 Å². The maximum Gasteiger partial charge on any atom is 0.0841 e. The summed E-state index contributed by atoms with van der Waals surface area (Å²) in [5.74, 6) is 0. The maximum atomic E-state index is 4.71. The van der Waals surface area contributed by atoms with Crippen LogP contribution in [-0.2, 0) is 20.1 Å². The van der Waals surface area contributed by atoms with Crippen molar-refractivity contribution in [2.24, 2.45) is 7.05 Å². The smallest absolute Gasteiger partial charge is 0.0841 e. The van der Waals surface area contributed by atoms with Crippen LogP contribution in [-0.4, -0.2) is 39.7 Å². The summed E-state index contributed by atoms with van der Waals surface area (Å²) in [5.41, 5.74) is 4.08. The van der Waals surface area contributed by atoms with Crippen molar-refractivity contribution in [3.63, 3.8) is 0 Å². The molecule has 0 saturated heterocycles. The Morgan fingerprint density at radius 2 is 2.06 bits per heavy atom. The molecule has 96 valence electrons. The van der Waals surface area contributed by atoms with Gasteiger partial charge in [0.2, 0.25) is 0 Å². The Balaban J connectivity index is 2.33. The summed E-state index contributed by atoms with van der Waals surface area (Å²) in [5, 5.41) is 4.71. The molecule has 0 radical (unpaired) electrons. The third-order valence-corrected chi connectivity index (χ3v) is 3.67. The molecule has 0 fully saturated rings. The molecule has 0 N–H and O–H groups in total. The number of hydrogen-bond acceptors (Lipinski definition) is 3. The second-order valence-electron chi connectivity index (χ2n) is 5.61. The summed E-state index contributed by atoms with van der Waals surface area (Å²) < 4.78 is 2.05. The largest absolute Gasteiger partial charge is 0.304 e. The van der Waals surface area contributed by atoms with Crippen molar-refractivity contribution in [1.29, 1.82) is 0 Å². The fraction of sp³-hybridized carbons (Fsp3) is 0.769. The van der Waals surface area contributed by atoms with E-state index in [2.05, 4.69) is 56.4 Å². The van der Waals surface area contributed by atoms with Crippen LogP contribution in [0.15, 0.2) is 0 Å². The molecule has 0 aromatic carbocycles. The molecule has 2 heterocycles. The predicted molar refractivity (Wildman–Crippen MR) is 69.7 cm³/mol. The van der Waals surface area contributed by atoms with E-state index in [1.807, 2.05) is 0 Å².